The van der Waals surface area contributed by atoms with E-state index in [0.29, 0.717) is 19.4 Å². The third-order valence-corrected chi connectivity index (χ3v) is 4.98. The molecule has 0 amide bonds. The average molecular weight is 321 g/mol. The molecule has 0 saturated carbocycles. The predicted octanol–water partition coefficient (Wildman–Crippen LogP) is 4.24. The van der Waals surface area contributed by atoms with Gasteiger partial charge in [-0.1, -0.05) is 17.7 Å². The number of hydrogen-bond donors (Lipinski definition) is 0. The summed E-state index contributed by atoms with van der Waals surface area (Å²) in [4.78, 5) is 17.1. The zero-order valence-corrected chi connectivity index (χ0v) is 13.9. The normalized spacial score (nSPS) is 10.6. The lowest BCUT2D eigenvalue weighted by molar-refractivity contribution is -0.143. The van der Waals surface area contributed by atoms with Crippen LogP contribution in [0.5, 0.6) is 0 Å². The van der Waals surface area contributed by atoms with Gasteiger partial charge in [0.1, 0.15) is 5.01 Å². The summed E-state index contributed by atoms with van der Waals surface area (Å²) in [5, 5.41) is 3.13. The van der Waals surface area contributed by atoms with Gasteiger partial charge in [-0.2, -0.15) is 0 Å². The van der Waals surface area contributed by atoms with E-state index in [2.05, 4.69) is 36.2 Å². The highest BCUT2D eigenvalue weighted by Gasteiger charge is 2.07. The van der Waals surface area contributed by atoms with Crippen LogP contribution in [0.1, 0.15) is 29.6 Å². The lowest BCUT2D eigenvalue weighted by Crippen LogP contribution is -2.05. The number of benzene rings is 1. The molecular weight excluding hydrogens is 302 g/mol. The van der Waals surface area contributed by atoms with Crippen LogP contribution in [0.15, 0.2) is 34.5 Å². The molecule has 0 N–H and O–H groups in total. The molecule has 0 fully saturated rings. The maximum atomic E-state index is 11.3. The number of aryl methyl sites for hydroxylation is 2. The summed E-state index contributed by atoms with van der Waals surface area (Å²) in [7, 11) is 0. The summed E-state index contributed by atoms with van der Waals surface area (Å²) in [6.07, 6.45) is 1.06. The maximum Gasteiger partial charge on any atom is 0.306 e. The van der Waals surface area contributed by atoms with Gasteiger partial charge in [-0.25, -0.2) is 4.98 Å². The molecule has 0 saturated heterocycles. The van der Waals surface area contributed by atoms with Crippen molar-refractivity contribution in [3.63, 3.8) is 0 Å². The number of aromatic nitrogens is 1. The van der Waals surface area contributed by atoms with E-state index in [1.165, 1.54) is 10.5 Å². The van der Waals surface area contributed by atoms with Crippen LogP contribution in [0.4, 0.5) is 0 Å². The van der Waals surface area contributed by atoms with Crippen molar-refractivity contribution in [2.24, 2.45) is 0 Å². The molecule has 2 rings (SSSR count). The van der Waals surface area contributed by atoms with Gasteiger partial charge in [-0.15, -0.1) is 23.1 Å². The Morgan fingerprint density at radius 2 is 2.10 bits per heavy atom. The van der Waals surface area contributed by atoms with E-state index < -0.39 is 0 Å². The quantitative estimate of drug-likeness (QED) is 0.565. The van der Waals surface area contributed by atoms with Gasteiger partial charge in [0.05, 0.1) is 24.5 Å². The highest BCUT2D eigenvalue weighted by Crippen LogP contribution is 2.25. The van der Waals surface area contributed by atoms with Crippen LogP contribution >= 0.6 is 23.1 Å². The fraction of sp³-hybridized carbons (Fsp3) is 0.375. The van der Waals surface area contributed by atoms with Crippen molar-refractivity contribution < 1.29 is 9.53 Å². The second-order valence-electron chi connectivity index (χ2n) is 4.64. The largest absolute Gasteiger partial charge is 0.466 e. The number of carbonyl (C=O) groups excluding carboxylic acids is 1. The van der Waals surface area contributed by atoms with Crippen LogP contribution in [0, 0.1) is 6.92 Å². The number of ether oxygens (including phenoxy) is 1. The van der Waals surface area contributed by atoms with Crippen LogP contribution < -0.4 is 0 Å². The summed E-state index contributed by atoms with van der Waals surface area (Å²) in [5.41, 5.74) is 2.25. The van der Waals surface area contributed by atoms with Gasteiger partial charge in [0.25, 0.3) is 0 Å². The van der Waals surface area contributed by atoms with Crippen molar-refractivity contribution in [1.29, 1.82) is 0 Å². The van der Waals surface area contributed by atoms with Gasteiger partial charge in [-0.3, -0.25) is 4.79 Å². The van der Waals surface area contributed by atoms with E-state index in [9.17, 15) is 4.79 Å². The third-order valence-electron chi connectivity index (χ3n) is 2.87. The first kappa shape index (κ1) is 16.0. The third kappa shape index (κ3) is 5.52. The van der Waals surface area contributed by atoms with E-state index in [1.807, 2.05) is 12.3 Å². The van der Waals surface area contributed by atoms with Crippen molar-refractivity contribution >= 4 is 29.1 Å². The number of esters is 1. The topological polar surface area (TPSA) is 39.2 Å². The fourth-order valence-corrected chi connectivity index (χ4v) is 3.52. The molecule has 0 radical (unpaired) electrons. The molecule has 0 aliphatic carbocycles. The van der Waals surface area contributed by atoms with Crippen LogP contribution in [-0.2, 0) is 21.7 Å². The van der Waals surface area contributed by atoms with E-state index in [-0.39, 0.29) is 5.97 Å². The van der Waals surface area contributed by atoms with Gasteiger partial charge < -0.3 is 4.74 Å². The lowest BCUT2D eigenvalue weighted by atomic mass is 10.2. The molecule has 0 aliphatic heterocycles. The molecule has 0 bridgehead atoms. The first-order chi connectivity index (χ1) is 10.2. The maximum absolute atomic E-state index is 11.3. The number of thiazole rings is 1. The number of rotatable bonds is 7. The summed E-state index contributed by atoms with van der Waals surface area (Å²) in [6, 6.07) is 8.51. The fourth-order valence-electron chi connectivity index (χ4n) is 1.77. The second kappa shape index (κ2) is 8.20. The zero-order valence-electron chi connectivity index (χ0n) is 12.3. The Bertz CT molecular complexity index is 578. The van der Waals surface area contributed by atoms with E-state index >= 15 is 0 Å². The van der Waals surface area contributed by atoms with Crippen LogP contribution in [0.2, 0.25) is 0 Å². The molecule has 1 aromatic carbocycles. The molecule has 21 heavy (non-hydrogen) atoms. The van der Waals surface area contributed by atoms with E-state index in [0.717, 1.165) is 16.5 Å². The first-order valence-electron chi connectivity index (χ1n) is 6.95. The summed E-state index contributed by atoms with van der Waals surface area (Å²) < 4.78 is 4.92. The highest BCUT2D eigenvalue weighted by molar-refractivity contribution is 7.98. The standard InChI is InChI=1S/C16H19NO2S2/c1-3-19-16(18)9-6-13-10-21-15(17-13)11-20-14-7-4-12(2)5-8-14/h4-5,7-8,10H,3,6,9,11H2,1-2H3. The summed E-state index contributed by atoms with van der Waals surface area (Å²) >= 11 is 3.44. The van der Waals surface area contributed by atoms with Crippen molar-refractivity contribution in [3.8, 4) is 0 Å². The minimum Gasteiger partial charge on any atom is -0.466 e. The molecule has 0 unspecified atom stereocenters. The summed E-state index contributed by atoms with van der Waals surface area (Å²) in [6.45, 7) is 4.35. The smallest absolute Gasteiger partial charge is 0.306 e. The first-order valence-corrected chi connectivity index (χ1v) is 8.82. The Morgan fingerprint density at radius 3 is 2.81 bits per heavy atom. The molecule has 2 aromatic rings. The minimum absolute atomic E-state index is 0.152. The Morgan fingerprint density at radius 1 is 1.33 bits per heavy atom. The number of hydrogen-bond acceptors (Lipinski definition) is 5. The number of nitrogens with zero attached hydrogens (tertiary/aromatic N) is 1. The Labute approximate surface area is 133 Å². The Kier molecular flexibility index (Phi) is 6.26. The van der Waals surface area contributed by atoms with Gasteiger partial charge in [0.15, 0.2) is 0 Å². The Balaban J connectivity index is 1.80. The lowest BCUT2D eigenvalue weighted by Gasteiger charge is -2.00. The van der Waals surface area contributed by atoms with Crippen molar-refractivity contribution in [2.45, 2.75) is 37.3 Å². The van der Waals surface area contributed by atoms with Crippen LogP contribution in [-0.4, -0.2) is 17.6 Å². The van der Waals surface area contributed by atoms with Gasteiger partial charge in [-0.05, 0) is 26.0 Å². The van der Waals surface area contributed by atoms with Gasteiger partial charge >= 0.3 is 5.97 Å². The zero-order chi connectivity index (χ0) is 15.1. The predicted molar refractivity (Wildman–Crippen MR) is 87.8 cm³/mol. The van der Waals surface area contributed by atoms with Gasteiger partial charge in [0.2, 0.25) is 0 Å². The van der Waals surface area contributed by atoms with Crippen LogP contribution in [0.3, 0.4) is 0 Å². The monoisotopic (exact) mass is 321 g/mol. The Hall–Kier alpha value is -1.33. The van der Waals surface area contributed by atoms with Gasteiger partial charge in [0, 0.05) is 16.7 Å². The van der Waals surface area contributed by atoms with Crippen molar-refractivity contribution in [1.82, 2.24) is 4.98 Å². The molecule has 0 aliphatic rings. The molecular formula is C16H19NO2S2. The van der Waals surface area contributed by atoms with E-state index in [4.69, 9.17) is 4.74 Å². The minimum atomic E-state index is -0.152. The molecule has 1 aromatic heterocycles. The molecule has 0 atom stereocenters. The summed E-state index contributed by atoms with van der Waals surface area (Å²) in [5.74, 6) is 0.716. The van der Waals surface area contributed by atoms with E-state index in [1.54, 1.807) is 23.1 Å². The molecule has 1 heterocycles. The van der Waals surface area contributed by atoms with Crippen LogP contribution in [0.25, 0.3) is 0 Å². The van der Waals surface area contributed by atoms with Crippen molar-refractivity contribution in [2.75, 3.05) is 6.61 Å². The van der Waals surface area contributed by atoms with Crippen molar-refractivity contribution in [3.05, 3.63) is 45.9 Å². The molecule has 112 valence electrons. The number of carbonyl (C=O) groups is 1. The average Bonchev–Trinajstić information content (AvgIpc) is 2.93. The molecule has 0 spiro atoms. The molecule has 3 nitrogen and oxygen atoms in total. The SMILES string of the molecule is CCOC(=O)CCc1csc(CSc2ccc(C)cc2)n1. The highest BCUT2D eigenvalue weighted by atomic mass is 32.2. The number of thioether (sulfide) groups is 1. The second-order valence-corrected chi connectivity index (χ2v) is 6.63. The molecule has 5 heteroatoms.